The first-order valence-electron chi connectivity index (χ1n) is 11.6. The Kier molecular flexibility index (Phi) is 10.3. The second-order valence-corrected chi connectivity index (χ2v) is 8.70. The Morgan fingerprint density at radius 3 is 2.43 bits per heavy atom. The first kappa shape index (κ1) is 25.9. The van der Waals surface area contributed by atoms with Crippen molar-refractivity contribution in [2.24, 2.45) is 0 Å². The first-order chi connectivity index (χ1) is 17.0. The van der Waals surface area contributed by atoms with Gasteiger partial charge in [0.15, 0.2) is 5.13 Å². The Morgan fingerprint density at radius 2 is 1.71 bits per heavy atom. The molecule has 1 heterocycles. The predicted octanol–water partition coefficient (Wildman–Crippen LogP) is 4.71. The van der Waals surface area contributed by atoms with E-state index >= 15 is 0 Å². The Bertz CT molecular complexity index is 1090. The molecule has 0 saturated carbocycles. The molecule has 3 N–H and O–H groups in total. The second-order valence-electron chi connectivity index (χ2n) is 7.85. The highest BCUT2D eigenvalue weighted by atomic mass is 32.1. The molecule has 0 aliphatic rings. The van der Waals surface area contributed by atoms with Gasteiger partial charge in [-0.15, -0.1) is 11.3 Å². The molecule has 8 nitrogen and oxygen atoms in total. The zero-order valence-electron chi connectivity index (χ0n) is 19.7. The van der Waals surface area contributed by atoms with Gasteiger partial charge in [-0.2, -0.15) is 0 Å². The van der Waals surface area contributed by atoms with Gasteiger partial charge in [0.05, 0.1) is 13.0 Å². The van der Waals surface area contributed by atoms with Gasteiger partial charge in [-0.3, -0.25) is 14.9 Å². The molecule has 0 aliphatic heterocycles. The van der Waals surface area contributed by atoms with E-state index in [4.69, 9.17) is 4.74 Å². The van der Waals surface area contributed by atoms with Gasteiger partial charge in [0.25, 0.3) is 5.91 Å². The Morgan fingerprint density at radius 1 is 1.00 bits per heavy atom. The summed E-state index contributed by atoms with van der Waals surface area (Å²) in [7, 11) is 0. The van der Waals surface area contributed by atoms with Crippen LogP contribution in [0.3, 0.4) is 0 Å². The summed E-state index contributed by atoms with van der Waals surface area (Å²) in [4.78, 5) is 40.8. The van der Waals surface area contributed by atoms with Crippen LogP contribution in [-0.4, -0.2) is 36.0 Å². The molecule has 35 heavy (non-hydrogen) atoms. The van der Waals surface area contributed by atoms with Crippen LogP contribution >= 0.6 is 11.3 Å². The third-order valence-electron chi connectivity index (χ3n) is 5.26. The predicted molar refractivity (Wildman–Crippen MR) is 136 cm³/mol. The van der Waals surface area contributed by atoms with Crippen LogP contribution in [-0.2, 0) is 16.1 Å². The number of amides is 3. The molecule has 0 aliphatic carbocycles. The summed E-state index contributed by atoms with van der Waals surface area (Å²) in [5, 5.41) is 10.2. The molecule has 1 atom stereocenters. The van der Waals surface area contributed by atoms with Gasteiger partial charge >= 0.3 is 12.0 Å². The number of ether oxygens (including phenoxy) is 1. The average molecular weight is 495 g/mol. The first-order valence-corrected chi connectivity index (χ1v) is 12.5. The van der Waals surface area contributed by atoms with Crippen molar-refractivity contribution in [3.05, 3.63) is 82.9 Å². The van der Waals surface area contributed by atoms with Gasteiger partial charge in [0.1, 0.15) is 5.69 Å². The number of carbonyl (C=O) groups excluding carboxylic acids is 3. The van der Waals surface area contributed by atoms with Crippen LogP contribution in [0, 0.1) is 0 Å². The van der Waals surface area contributed by atoms with E-state index in [1.54, 1.807) is 12.3 Å². The summed E-state index contributed by atoms with van der Waals surface area (Å²) in [5.41, 5.74) is 2.31. The van der Waals surface area contributed by atoms with E-state index < -0.39 is 0 Å². The third-order valence-corrected chi connectivity index (χ3v) is 6.02. The lowest BCUT2D eigenvalue weighted by Crippen LogP contribution is -2.28. The number of benzene rings is 2. The monoisotopic (exact) mass is 494 g/mol. The molecule has 3 aromatic rings. The number of aromatic nitrogens is 1. The molecule has 1 aromatic heterocycles. The van der Waals surface area contributed by atoms with Crippen LogP contribution in [0.15, 0.2) is 66.0 Å². The van der Waals surface area contributed by atoms with E-state index in [-0.39, 0.29) is 29.5 Å². The topological polar surface area (TPSA) is 109 Å². The minimum absolute atomic E-state index is 0.0247. The lowest BCUT2D eigenvalue weighted by atomic mass is 9.91. The standard InChI is InChI=1S/C26H30N4O4S/c1-2-34-23(31)16-21(20-12-7-4-8-13-20)14-9-15-27-24(32)22-18-35-26(29-22)30-25(33)28-17-19-10-5-3-6-11-19/h3-8,10-13,18,21H,2,9,14-17H2,1H3,(H,27,32)(H2,28,29,30,33). The van der Waals surface area contributed by atoms with Gasteiger partial charge in [-0.25, -0.2) is 9.78 Å². The van der Waals surface area contributed by atoms with Crippen LogP contribution < -0.4 is 16.0 Å². The summed E-state index contributed by atoms with van der Waals surface area (Å²) in [6, 6.07) is 19.0. The maximum absolute atomic E-state index is 12.5. The molecule has 2 aromatic carbocycles. The third kappa shape index (κ3) is 8.86. The number of hydrogen-bond donors (Lipinski definition) is 3. The van der Waals surface area contributed by atoms with Gasteiger partial charge in [0.2, 0.25) is 0 Å². The van der Waals surface area contributed by atoms with E-state index in [9.17, 15) is 14.4 Å². The lowest BCUT2D eigenvalue weighted by Gasteiger charge is -2.16. The zero-order valence-corrected chi connectivity index (χ0v) is 20.5. The lowest BCUT2D eigenvalue weighted by molar-refractivity contribution is -0.143. The summed E-state index contributed by atoms with van der Waals surface area (Å²) in [5.74, 6) is -0.502. The number of thiazole rings is 1. The zero-order chi connectivity index (χ0) is 24.9. The molecular weight excluding hydrogens is 464 g/mol. The molecule has 0 radical (unpaired) electrons. The minimum atomic E-state index is -0.385. The van der Waals surface area contributed by atoms with Gasteiger partial charge in [-0.1, -0.05) is 60.7 Å². The number of hydrogen-bond acceptors (Lipinski definition) is 6. The largest absolute Gasteiger partial charge is 0.466 e. The summed E-state index contributed by atoms with van der Waals surface area (Å²) < 4.78 is 5.11. The minimum Gasteiger partial charge on any atom is -0.466 e. The number of nitrogens with zero attached hydrogens (tertiary/aromatic N) is 1. The maximum Gasteiger partial charge on any atom is 0.321 e. The molecule has 9 heteroatoms. The average Bonchev–Trinajstić information content (AvgIpc) is 3.34. The van der Waals surface area contributed by atoms with Crippen molar-refractivity contribution in [2.45, 2.75) is 38.6 Å². The van der Waals surface area contributed by atoms with Crippen molar-refractivity contribution in [3.8, 4) is 0 Å². The van der Waals surface area contributed by atoms with Crippen molar-refractivity contribution in [2.75, 3.05) is 18.5 Å². The highest BCUT2D eigenvalue weighted by Gasteiger charge is 2.17. The van der Waals surface area contributed by atoms with E-state index in [2.05, 4.69) is 20.9 Å². The van der Waals surface area contributed by atoms with E-state index in [1.807, 2.05) is 60.7 Å². The molecular formula is C26H30N4O4S. The van der Waals surface area contributed by atoms with Crippen molar-refractivity contribution < 1.29 is 19.1 Å². The molecule has 3 amide bonds. The number of anilines is 1. The van der Waals surface area contributed by atoms with E-state index in [0.717, 1.165) is 17.5 Å². The molecule has 184 valence electrons. The number of esters is 1. The van der Waals surface area contributed by atoms with Crippen LogP contribution in [0.1, 0.15) is 53.7 Å². The van der Waals surface area contributed by atoms with E-state index in [1.165, 1.54) is 11.3 Å². The number of rotatable bonds is 12. The fraction of sp³-hybridized carbons (Fsp3) is 0.308. The van der Waals surface area contributed by atoms with E-state index in [0.29, 0.717) is 37.7 Å². The quantitative estimate of drug-likeness (QED) is 0.250. The molecule has 0 bridgehead atoms. The highest BCUT2D eigenvalue weighted by molar-refractivity contribution is 7.14. The summed E-state index contributed by atoms with van der Waals surface area (Å²) in [6.07, 6.45) is 1.73. The van der Waals surface area contributed by atoms with Crippen molar-refractivity contribution in [1.29, 1.82) is 0 Å². The van der Waals surface area contributed by atoms with Crippen LogP contribution in [0.2, 0.25) is 0 Å². The number of nitrogens with one attached hydrogen (secondary N) is 3. The van der Waals surface area contributed by atoms with Crippen molar-refractivity contribution >= 4 is 34.4 Å². The molecule has 1 unspecified atom stereocenters. The fourth-order valence-electron chi connectivity index (χ4n) is 3.53. The molecule has 0 fully saturated rings. The highest BCUT2D eigenvalue weighted by Crippen LogP contribution is 2.25. The van der Waals surface area contributed by atoms with Gasteiger partial charge in [0, 0.05) is 18.5 Å². The Balaban J connectivity index is 1.42. The Hall–Kier alpha value is -3.72. The van der Waals surface area contributed by atoms with Crippen LogP contribution in [0.5, 0.6) is 0 Å². The number of carbonyl (C=O) groups is 3. The SMILES string of the molecule is CCOC(=O)CC(CCCNC(=O)c1csc(NC(=O)NCc2ccccc2)n1)c1ccccc1. The summed E-state index contributed by atoms with van der Waals surface area (Å²) >= 11 is 1.19. The normalized spacial score (nSPS) is 11.3. The Labute approximate surface area is 209 Å². The smallest absolute Gasteiger partial charge is 0.321 e. The summed E-state index contributed by atoms with van der Waals surface area (Å²) in [6.45, 7) is 2.99. The molecule has 0 saturated heterocycles. The maximum atomic E-state index is 12.5. The van der Waals surface area contributed by atoms with Crippen molar-refractivity contribution in [3.63, 3.8) is 0 Å². The van der Waals surface area contributed by atoms with Crippen LogP contribution in [0.25, 0.3) is 0 Å². The molecule has 3 rings (SSSR count). The van der Waals surface area contributed by atoms with Crippen molar-refractivity contribution in [1.82, 2.24) is 15.6 Å². The fourth-order valence-corrected chi connectivity index (χ4v) is 4.21. The molecule has 0 spiro atoms. The second kappa shape index (κ2) is 13.9. The number of urea groups is 1. The van der Waals surface area contributed by atoms with Gasteiger partial charge in [-0.05, 0) is 36.8 Å². The van der Waals surface area contributed by atoms with Gasteiger partial charge < -0.3 is 15.4 Å². The van der Waals surface area contributed by atoms with Crippen LogP contribution in [0.4, 0.5) is 9.93 Å².